The van der Waals surface area contributed by atoms with E-state index in [4.69, 9.17) is 10.7 Å². The van der Waals surface area contributed by atoms with Gasteiger partial charge in [0.25, 0.3) is 0 Å². The van der Waals surface area contributed by atoms with Gasteiger partial charge in [-0.05, 0) is 12.1 Å². The fourth-order valence-corrected chi connectivity index (χ4v) is 4.71. The summed E-state index contributed by atoms with van der Waals surface area (Å²) in [6, 6.07) is 4.61. The van der Waals surface area contributed by atoms with Crippen molar-refractivity contribution in [2.45, 2.75) is 6.42 Å². The van der Waals surface area contributed by atoms with Crippen molar-refractivity contribution < 1.29 is 17.6 Å². The molecule has 0 spiro atoms. The molecular weight excluding hydrogens is 339 g/mol. The number of fused-ring (bicyclic) bond motifs is 1. The molecule has 112 valence electrons. The second-order valence-electron chi connectivity index (χ2n) is 4.86. The van der Waals surface area contributed by atoms with Gasteiger partial charge in [-0.15, -0.1) is 0 Å². The molecule has 1 aromatic carbocycles. The first-order chi connectivity index (χ1) is 9.83. The summed E-state index contributed by atoms with van der Waals surface area (Å²) in [5.41, 5.74) is 0.221. The summed E-state index contributed by atoms with van der Waals surface area (Å²) in [5, 5.41) is 0.384. The largest absolute Gasteiger partial charge is 0.288 e. The summed E-state index contributed by atoms with van der Waals surface area (Å²) >= 11 is 1.20. The van der Waals surface area contributed by atoms with Gasteiger partial charge < -0.3 is 0 Å². The van der Waals surface area contributed by atoms with Crippen LogP contribution in [0, 0.1) is 11.7 Å². The highest BCUT2D eigenvalue weighted by Crippen LogP contribution is 2.34. The third-order valence-corrected chi connectivity index (χ3v) is 5.52. The van der Waals surface area contributed by atoms with E-state index in [1.54, 1.807) is 12.1 Å². The molecule has 1 aliphatic rings. The van der Waals surface area contributed by atoms with E-state index in [1.165, 1.54) is 22.3 Å². The smallest absolute Gasteiger partial charge is 0.232 e. The molecule has 0 aliphatic carbocycles. The number of amides is 1. The van der Waals surface area contributed by atoms with Crippen LogP contribution in [-0.4, -0.2) is 31.6 Å². The van der Waals surface area contributed by atoms with Crippen LogP contribution in [-0.2, 0) is 13.8 Å². The zero-order valence-electron chi connectivity index (χ0n) is 10.6. The third-order valence-electron chi connectivity index (χ3n) is 3.23. The van der Waals surface area contributed by atoms with Crippen molar-refractivity contribution >= 4 is 52.3 Å². The maximum atomic E-state index is 13.6. The van der Waals surface area contributed by atoms with Crippen LogP contribution in [0.4, 0.5) is 9.52 Å². The Bertz CT molecular complexity index is 821. The van der Waals surface area contributed by atoms with E-state index in [2.05, 4.69) is 4.98 Å². The quantitative estimate of drug-likeness (QED) is 0.798. The number of anilines is 1. The highest BCUT2D eigenvalue weighted by atomic mass is 35.7. The second kappa shape index (κ2) is 5.19. The molecule has 1 atom stereocenters. The van der Waals surface area contributed by atoms with Crippen molar-refractivity contribution in [3.8, 4) is 0 Å². The lowest BCUT2D eigenvalue weighted by Gasteiger charge is -2.12. The summed E-state index contributed by atoms with van der Waals surface area (Å²) in [6.07, 6.45) is 0.102. The normalized spacial score (nSPS) is 19.6. The fourth-order valence-electron chi connectivity index (χ4n) is 2.38. The molecular formula is C12H10ClFN2O3S2. The maximum absolute atomic E-state index is 13.6. The molecule has 2 aromatic rings. The van der Waals surface area contributed by atoms with Crippen LogP contribution < -0.4 is 4.90 Å². The first-order valence-corrected chi connectivity index (χ1v) is 9.41. The van der Waals surface area contributed by atoms with E-state index in [-0.39, 0.29) is 36.1 Å². The Hall–Kier alpha value is -1.25. The number of benzene rings is 1. The minimum absolute atomic E-state index is 0.102. The lowest BCUT2D eigenvalue weighted by molar-refractivity contribution is -0.117. The Morgan fingerprint density at radius 1 is 1.48 bits per heavy atom. The van der Waals surface area contributed by atoms with E-state index in [0.29, 0.717) is 9.83 Å². The van der Waals surface area contributed by atoms with Crippen molar-refractivity contribution in [2.75, 3.05) is 17.2 Å². The van der Waals surface area contributed by atoms with Crippen LogP contribution in [0.15, 0.2) is 18.2 Å². The molecule has 0 bridgehead atoms. The Morgan fingerprint density at radius 3 is 2.90 bits per heavy atom. The van der Waals surface area contributed by atoms with Crippen LogP contribution in [0.25, 0.3) is 10.2 Å². The van der Waals surface area contributed by atoms with Gasteiger partial charge in [0.05, 0.1) is 10.5 Å². The van der Waals surface area contributed by atoms with Crippen molar-refractivity contribution in [3.05, 3.63) is 24.0 Å². The van der Waals surface area contributed by atoms with Crippen molar-refractivity contribution in [2.24, 2.45) is 5.92 Å². The molecule has 0 saturated carbocycles. The number of para-hydroxylation sites is 1. The zero-order chi connectivity index (χ0) is 15.2. The lowest BCUT2D eigenvalue weighted by atomic mass is 10.1. The number of halogens is 2. The minimum atomic E-state index is -3.65. The molecule has 2 heterocycles. The maximum Gasteiger partial charge on any atom is 0.232 e. The highest BCUT2D eigenvalue weighted by molar-refractivity contribution is 8.13. The summed E-state index contributed by atoms with van der Waals surface area (Å²) in [5.74, 6) is -1.28. The first kappa shape index (κ1) is 14.7. The van der Waals surface area contributed by atoms with E-state index < -0.39 is 14.9 Å². The Labute approximate surface area is 128 Å². The summed E-state index contributed by atoms with van der Waals surface area (Å²) in [7, 11) is 1.57. The molecule has 1 aromatic heterocycles. The molecule has 5 nitrogen and oxygen atoms in total. The Balaban J connectivity index is 1.89. The van der Waals surface area contributed by atoms with E-state index in [9.17, 15) is 17.6 Å². The number of thiazole rings is 1. The van der Waals surface area contributed by atoms with Gasteiger partial charge in [0, 0.05) is 29.6 Å². The van der Waals surface area contributed by atoms with Crippen LogP contribution in [0.2, 0.25) is 0 Å². The zero-order valence-corrected chi connectivity index (χ0v) is 13.0. The van der Waals surface area contributed by atoms with Gasteiger partial charge >= 0.3 is 0 Å². The number of hydrogen-bond acceptors (Lipinski definition) is 5. The molecule has 21 heavy (non-hydrogen) atoms. The molecule has 1 unspecified atom stereocenters. The molecule has 1 aliphatic heterocycles. The molecule has 0 radical (unpaired) electrons. The first-order valence-electron chi connectivity index (χ1n) is 6.11. The van der Waals surface area contributed by atoms with Crippen LogP contribution in [0.5, 0.6) is 0 Å². The molecule has 0 N–H and O–H groups in total. The predicted octanol–water partition coefficient (Wildman–Crippen LogP) is 2.36. The molecule has 3 rings (SSSR count). The lowest BCUT2D eigenvalue weighted by Crippen LogP contribution is -2.25. The fraction of sp³-hybridized carbons (Fsp3) is 0.333. The van der Waals surface area contributed by atoms with Crippen molar-refractivity contribution in [1.82, 2.24) is 4.98 Å². The number of hydrogen-bond donors (Lipinski definition) is 0. The SMILES string of the molecule is O=C1CC(CS(=O)(=O)Cl)CN1c1nc2c(F)cccc2s1. The van der Waals surface area contributed by atoms with Crippen molar-refractivity contribution in [1.29, 1.82) is 0 Å². The number of aromatic nitrogens is 1. The summed E-state index contributed by atoms with van der Waals surface area (Å²) in [4.78, 5) is 17.5. The van der Waals surface area contributed by atoms with E-state index >= 15 is 0 Å². The highest BCUT2D eigenvalue weighted by Gasteiger charge is 2.34. The van der Waals surface area contributed by atoms with E-state index in [0.717, 1.165) is 0 Å². The van der Waals surface area contributed by atoms with E-state index in [1.807, 2.05) is 0 Å². The number of rotatable bonds is 3. The second-order valence-corrected chi connectivity index (χ2v) is 8.69. The van der Waals surface area contributed by atoms with Gasteiger partial charge in [-0.3, -0.25) is 9.69 Å². The monoisotopic (exact) mass is 348 g/mol. The number of carbonyl (C=O) groups is 1. The van der Waals surface area contributed by atoms with Gasteiger partial charge in [-0.2, -0.15) is 0 Å². The third kappa shape index (κ3) is 3.02. The molecule has 1 saturated heterocycles. The topological polar surface area (TPSA) is 67.3 Å². The van der Waals surface area contributed by atoms with Gasteiger partial charge in [0.2, 0.25) is 15.0 Å². The van der Waals surface area contributed by atoms with Gasteiger partial charge in [-0.25, -0.2) is 17.8 Å². The number of carbonyl (C=O) groups excluding carboxylic acids is 1. The molecule has 1 fully saturated rings. The van der Waals surface area contributed by atoms with Gasteiger partial charge in [-0.1, -0.05) is 17.4 Å². The standard InChI is InChI=1S/C12H10ClFN2O3S2/c13-21(18,19)6-7-4-10(17)16(5-7)12-15-11-8(14)2-1-3-9(11)20-12/h1-3,7H,4-6H2. The summed E-state index contributed by atoms with van der Waals surface area (Å²) < 4.78 is 36.5. The average Bonchev–Trinajstić information content (AvgIpc) is 2.91. The average molecular weight is 349 g/mol. The van der Waals surface area contributed by atoms with Crippen LogP contribution in [0.3, 0.4) is 0 Å². The van der Waals surface area contributed by atoms with Crippen molar-refractivity contribution in [3.63, 3.8) is 0 Å². The Morgan fingerprint density at radius 2 is 2.24 bits per heavy atom. The minimum Gasteiger partial charge on any atom is -0.288 e. The van der Waals surface area contributed by atoms with Crippen LogP contribution >= 0.6 is 22.0 Å². The number of nitrogens with zero attached hydrogens (tertiary/aromatic N) is 2. The predicted molar refractivity (Wildman–Crippen MR) is 79.7 cm³/mol. The van der Waals surface area contributed by atoms with Gasteiger partial charge in [0.1, 0.15) is 11.3 Å². The molecule has 1 amide bonds. The molecule has 9 heteroatoms. The summed E-state index contributed by atoms with van der Waals surface area (Å²) in [6.45, 7) is 0.228. The van der Waals surface area contributed by atoms with Crippen LogP contribution in [0.1, 0.15) is 6.42 Å². The van der Waals surface area contributed by atoms with Gasteiger partial charge in [0.15, 0.2) is 5.13 Å². The Kier molecular flexibility index (Phi) is 3.62.